The molecule has 114 valence electrons. The number of hydrogen-bond acceptors (Lipinski definition) is 5. The highest BCUT2D eigenvalue weighted by molar-refractivity contribution is 5.93. The van der Waals surface area contributed by atoms with E-state index < -0.39 is 28.0 Å². The van der Waals surface area contributed by atoms with Crippen molar-refractivity contribution < 1.29 is 24.0 Å². The van der Waals surface area contributed by atoms with Gasteiger partial charge >= 0.3 is 5.97 Å². The number of aromatic carboxylic acids is 1. The zero-order valence-electron chi connectivity index (χ0n) is 11.4. The average Bonchev–Trinajstić information content (AvgIpc) is 2.46. The minimum absolute atomic E-state index is 0.0631. The summed E-state index contributed by atoms with van der Waals surface area (Å²) in [4.78, 5) is 22.8. The molecule has 8 heteroatoms. The second-order valence-electron chi connectivity index (χ2n) is 4.71. The smallest absolute Gasteiger partial charge is 0.342 e. The van der Waals surface area contributed by atoms with Crippen molar-refractivity contribution in [2.24, 2.45) is 0 Å². The number of hydrogen-bond donors (Lipinski definition) is 1. The van der Waals surface area contributed by atoms with Gasteiger partial charge in [0, 0.05) is 6.54 Å². The fraction of sp³-hybridized carbons (Fsp3) is 0.462. The van der Waals surface area contributed by atoms with Gasteiger partial charge in [-0.25, -0.2) is 9.18 Å². The van der Waals surface area contributed by atoms with E-state index in [2.05, 4.69) is 0 Å². The number of nitrogens with zero attached hydrogens (tertiary/aromatic N) is 2. The molecule has 0 aliphatic carbocycles. The molecule has 2 rings (SSSR count). The molecular weight excluding hydrogens is 283 g/mol. The van der Waals surface area contributed by atoms with Gasteiger partial charge in [-0.3, -0.25) is 10.1 Å². The highest BCUT2D eigenvalue weighted by atomic mass is 19.1. The van der Waals surface area contributed by atoms with Crippen molar-refractivity contribution in [3.8, 4) is 0 Å². The predicted molar refractivity (Wildman–Crippen MR) is 72.3 cm³/mol. The Morgan fingerprint density at radius 3 is 2.90 bits per heavy atom. The summed E-state index contributed by atoms with van der Waals surface area (Å²) < 4.78 is 19.5. The molecule has 0 radical (unpaired) electrons. The number of carboxylic acid groups (broad SMARTS) is 1. The van der Waals surface area contributed by atoms with E-state index in [1.165, 1.54) is 0 Å². The van der Waals surface area contributed by atoms with Gasteiger partial charge < -0.3 is 14.7 Å². The van der Waals surface area contributed by atoms with Crippen LogP contribution in [0.15, 0.2) is 12.1 Å². The van der Waals surface area contributed by atoms with Gasteiger partial charge in [0.25, 0.3) is 5.69 Å². The van der Waals surface area contributed by atoms with E-state index in [9.17, 15) is 19.3 Å². The summed E-state index contributed by atoms with van der Waals surface area (Å²) in [5.74, 6) is -2.25. The summed E-state index contributed by atoms with van der Waals surface area (Å²) in [5, 5.41) is 19.9. The maximum Gasteiger partial charge on any atom is 0.342 e. The number of halogens is 1. The van der Waals surface area contributed by atoms with Crippen molar-refractivity contribution in [3.05, 3.63) is 33.6 Å². The molecule has 0 bridgehead atoms. The van der Waals surface area contributed by atoms with Gasteiger partial charge in [0.05, 0.1) is 35.9 Å². The molecule has 0 saturated carbocycles. The SMILES string of the molecule is CCC1COCCN1c1cc(C(=O)O)c([N+](=O)[O-])cc1F. The molecule has 21 heavy (non-hydrogen) atoms. The average molecular weight is 298 g/mol. The Morgan fingerprint density at radius 1 is 1.62 bits per heavy atom. The molecule has 0 spiro atoms. The molecule has 1 unspecified atom stereocenters. The number of nitro benzene ring substituents is 1. The van der Waals surface area contributed by atoms with Gasteiger partial charge in [-0.1, -0.05) is 6.92 Å². The largest absolute Gasteiger partial charge is 0.477 e. The van der Waals surface area contributed by atoms with Gasteiger partial charge in [0.15, 0.2) is 5.82 Å². The van der Waals surface area contributed by atoms with Crippen LogP contribution in [-0.2, 0) is 4.74 Å². The summed E-state index contributed by atoms with van der Waals surface area (Å²) in [6.45, 7) is 3.13. The second kappa shape index (κ2) is 6.04. The van der Waals surface area contributed by atoms with Crippen LogP contribution in [0, 0.1) is 15.9 Å². The van der Waals surface area contributed by atoms with Crippen molar-refractivity contribution >= 4 is 17.3 Å². The predicted octanol–water partition coefficient (Wildman–Crippen LogP) is 2.05. The minimum Gasteiger partial charge on any atom is -0.477 e. The molecule has 1 heterocycles. The summed E-state index contributed by atoms with van der Waals surface area (Å²) in [7, 11) is 0. The van der Waals surface area contributed by atoms with E-state index in [1.807, 2.05) is 6.92 Å². The van der Waals surface area contributed by atoms with Gasteiger partial charge in [-0.2, -0.15) is 0 Å². The Bertz CT molecular complexity index is 578. The fourth-order valence-corrected chi connectivity index (χ4v) is 2.40. The summed E-state index contributed by atoms with van der Waals surface area (Å²) in [5.41, 5.74) is -1.20. The number of morpholine rings is 1. The van der Waals surface area contributed by atoms with Crippen LogP contribution in [0.4, 0.5) is 15.8 Å². The number of carbonyl (C=O) groups is 1. The number of ether oxygens (including phenoxy) is 1. The van der Waals surface area contributed by atoms with Crippen LogP contribution in [0.25, 0.3) is 0 Å². The lowest BCUT2D eigenvalue weighted by molar-refractivity contribution is -0.385. The number of nitro groups is 1. The van der Waals surface area contributed by atoms with Crippen LogP contribution in [0.5, 0.6) is 0 Å². The Labute approximate surface area is 120 Å². The maximum atomic E-state index is 14.2. The van der Waals surface area contributed by atoms with Crippen LogP contribution >= 0.6 is 0 Å². The molecule has 1 aromatic rings. The van der Waals surface area contributed by atoms with Crippen molar-refractivity contribution in [2.45, 2.75) is 19.4 Å². The number of rotatable bonds is 4. The van der Waals surface area contributed by atoms with E-state index >= 15 is 0 Å². The minimum atomic E-state index is -1.45. The van der Waals surface area contributed by atoms with E-state index in [1.54, 1.807) is 4.90 Å². The Hall–Kier alpha value is -2.22. The van der Waals surface area contributed by atoms with Crippen LogP contribution in [0.3, 0.4) is 0 Å². The quantitative estimate of drug-likeness (QED) is 0.675. The molecule has 1 atom stereocenters. The highest BCUT2D eigenvalue weighted by Gasteiger charge is 2.29. The summed E-state index contributed by atoms with van der Waals surface area (Å²) >= 11 is 0. The molecule has 1 saturated heterocycles. The number of anilines is 1. The zero-order chi connectivity index (χ0) is 15.6. The van der Waals surface area contributed by atoms with E-state index in [0.717, 1.165) is 6.07 Å². The molecule has 1 aliphatic rings. The lowest BCUT2D eigenvalue weighted by atomic mass is 10.1. The van der Waals surface area contributed by atoms with Crippen molar-refractivity contribution in [3.63, 3.8) is 0 Å². The maximum absolute atomic E-state index is 14.2. The Morgan fingerprint density at radius 2 is 2.33 bits per heavy atom. The first-order valence-electron chi connectivity index (χ1n) is 6.51. The van der Waals surface area contributed by atoms with E-state index in [-0.39, 0.29) is 11.7 Å². The van der Waals surface area contributed by atoms with Crippen molar-refractivity contribution in [1.82, 2.24) is 0 Å². The van der Waals surface area contributed by atoms with Gasteiger partial charge in [-0.05, 0) is 12.5 Å². The number of benzene rings is 1. The molecule has 0 aromatic heterocycles. The van der Waals surface area contributed by atoms with Crippen LogP contribution < -0.4 is 4.90 Å². The third-order valence-electron chi connectivity index (χ3n) is 3.50. The van der Waals surface area contributed by atoms with Crippen molar-refractivity contribution in [2.75, 3.05) is 24.7 Å². The molecular formula is C13H15FN2O5. The standard InChI is InChI=1S/C13H15FN2O5/c1-2-8-7-21-4-3-15(8)12-5-9(13(17)18)11(16(19)20)6-10(12)14/h5-6,8H,2-4,7H2,1H3,(H,17,18). The van der Waals surface area contributed by atoms with Gasteiger partial charge in [0.1, 0.15) is 5.56 Å². The normalized spacial score (nSPS) is 18.6. The van der Waals surface area contributed by atoms with Gasteiger partial charge in [-0.15, -0.1) is 0 Å². The third kappa shape index (κ3) is 2.94. The lowest BCUT2D eigenvalue weighted by Gasteiger charge is -2.37. The Balaban J connectivity index is 2.51. The topological polar surface area (TPSA) is 92.9 Å². The lowest BCUT2D eigenvalue weighted by Crippen LogP contribution is -2.45. The fourth-order valence-electron chi connectivity index (χ4n) is 2.40. The first-order valence-corrected chi connectivity index (χ1v) is 6.51. The van der Waals surface area contributed by atoms with Crippen molar-refractivity contribution in [1.29, 1.82) is 0 Å². The first kappa shape index (κ1) is 15.2. The Kier molecular flexibility index (Phi) is 4.37. The van der Waals surface area contributed by atoms with E-state index in [0.29, 0.717) is 32.2 Å². The zero-order valence-corrected chi connectivity index (χ0v) is 11.4. The summed E-state index contributed by atoms with van der Waals surface area (Å²) in [6.07, 6.45) is 0.693. The van der Waals surface area contributed by atoms with Gasteiger partial charge in [0.2, 0.25) is 0 Å². The van der Waals surface area contributed by atoms with Crippen LogP contribution in [0.1, 0.15) is 23.7 Å². The molecule has 7 nitrogen and oxygen atoms in total. The molecule has 1 N–H and O–H groups in total. The molecule has 1 aromatic carbocycles. The van der Waals surface area contributed by atoms with Crippen LogP contribution in [0.2, 0.25) is 0 Å². The first-order chi connectivity index (χ1) is 9.95. The highest BCUT2D eigenvalue weighted by Crippen LogP contribution is 2.31. The second-order valence-corrected chi connectivity index (χ2v) is 4.71. The van der Waals surface area contributed by atoms with E-state index in [4.69, 9.17) is 9.84 Å². The molecule has 1 aliphatic heterocycles. The van der Waals surface area contributed by atoms with Crippen LogP contribution in [-0.4, -0.2) is 41.8 Å². The number of carboxylic acids is 1. The summed E-state index contributed by atoms with van der Waals surface area (Å²) in [6, 6.07) is 1.61. The monoisotopic (exact) mass is 298 g/mol. The molecule has 0 amide bonds. The third-order valence-corrected chi connectivity index (χ3v) is 3.50. The molecule has 1 fully saturated rings.